The maximum Gasteiger partial charge on any atom is 0.124 e. The fourth-order valence-electron chi connectivity index (χ4n) is 0.892. The van der Waals surface area contributed by atoms with Gasteiger partial charge in [0, 0.05) is 5.56 Å². The van der Waals surface area contributed by atoms with Gasteiger partial charge in [-0.05, 0) is 6.07 Å². The van der Waals surface area contributed by atoms with Gasteiger partial charge in [0.05, 0.1) is 7.11 Å². The van der Waals surface area contributed by atoms with Crippen molar-refractivity contribution < 1.29 is 14.9 Å². The predicted molar refractivity (Wildman–Crippen MR) is 40.4 cm³/mol. The van der Waals surface area contributed by atoms with Crippen molar-refractivity contribution >= 4 is 0 Å². The molecule has 3 nitrogen and oxygen atoms in total. The summed E-state index contributed by atoms with van der Waals surface area (Å²) in [5, 5.41) is 8.18. The van der Waals surface area contributed by atoms with E-state index in [1.54, 1.807) is 7.11 Å². The molecular formula is C8H10O3. The highest BCUT2D eigenvalue weighted by molar-refractivity contribution is 5.32. The van der Waals surface area contributed by atoms with E-state index < -0.39 is 0 Å². The van der Waals surface area contributed by atoms with E-state index in [9.17, 15) is 0 Å². The molecule has 1 rings (SSSR count). The first-order valence-electron chi connectivity index (χ1n) is 3.26. The van der Waals surface area contributed by atoms with Crippen LogP contribution in [0, 0.1) is 0 Å². The van der Waals surface area contributed by atoms with E-state index in [-0.39, 0.29) is 6.61 Å². The number of hydrogen-bond donors (Lipinski definition) is 1. The third kappa shape index (κ3) is 1.93. The van der Waals surface area contributed by atoms with Crippen molar-refractivity contribution in [2.75, 3.05) is 7.11 Å². The summed E-state index contributed by atoms with van der Waals surface area (Å²) in [4.78, 5) is 3.99. The van der Waals surface area contributed by atoms with Gasteiger partial charge in [-0.3, -0.25) is 5.26 Å². The van der Waals surface area contributed by atoms with Gasteiger partial charge in [-0.15, -0.1) is 0 Å². The molecule has 1 N–H and O–H groups in total. The van der Waals surface area contributed by atoms with Crippen LogP contribution in [0.4, 0.5) is 0 Å². The number of hydrogen-bond acceptors (Lipinski definition) is 3. The number of rotatable bonds is 3. The summed E-state index contributed by atoms with van der Waals surface area (Å²) in [5.74, 6) is 0.724. The van der Waals surface area contributed by atoms with Crippen LogP contribution in [-0.4, -0.2) is 12.4 Å². The fourth-order valence-corrected chi connectivity index (χ4v) is 0.892. The standard InChI is InChI=1S/C8H10O3/c1-10-8-5-3-2-4-7(8)6-11-9/h2-5,9H,6H2,1H3. The fraction of sp³-hybridized carbons (Fsp3) is 0.250. The van der Waals surface area contributed by atoms with Crippen LogP contribution in [0.5, 0.6) is 5.75 Å². The lowest BCUT2D eigenvalue weighted by atomic mass is 10.2. The quantitative estimate of drug-likeness (QED) is 0.531. The second-order valence-corrected chi connectivity index (χ2v) is 2.09. The van der Waals surface area contributed by atoms with Gasteiger partial charge in [0.15, 0.2) is 0 Å². The second-order valence-electron chi connectivity index (χ2n) is 2.09. The first-order chi connectivity index (χ1) is 5.38. The van der Waals surface area contributed by atoms with E-state index in [1.165, 1.54) is 0 Å². The molecule has 60 valence electrons. The Hall–Kier alpha value is -1.06. The molecular weight excluding hydrogens is 144 g/mol. The van der Waals surface area contributed by atoms with Crippen LogP contribution in [0.3, 0.4) is 0 Å². The number of ether oxygens (including phenoxy) is 1. The molecule has 0 saturated carbocycles. The summed E-state index contributed by atoms with van der Waals surface area (Å²) in [6.45, 7) is 0.157. The molecule has 0 atom stereocenters. The van der Waals surface area contributed by atoms with Gasteiger partial charge in [-0.25, -0.2) is 4.89 Å². The third-order valence-corrected chi connectivity index (χ3v) is 1.41. The molecule has 0 spiro atoms. The number of para-hydroxylation sites is 1. The molecule has 11 heavy (non-hydrogen) atoms. The Bertz CT molecular complexity index is 222. The van der Waals surface area contributed by atoms with Gasteiger partial charge >= 0.3 is 0 Å². The van der Waals surface area contributed by atoms with Gasteiger partial charge in [0.25, 0.3) is 0 Å². The Labute approximate surface area is 65.1 Å². The SMILES string of the molecule is COc1ccccc1COO. The molecule has 0 amide bonds. The lowest BCUT2D eigenvalue weighted by molar-refractivity contribution is -0.253. The lowest BCUT2D eigenvalue weighted by Gasteiger charge is -2.04. The Kier molecular flexibility index (Phi) is 2.89. The molecule has 3 heteroatoms. The molecule has 1 aromatic rings. The van der Waals surface area contributed by atoms with E-state index in [4.69, 9.17) is 9.99 Å². The minimum atomic E-state index is 0.157. The molecule has 0 heterocycles. The van der Waals surface area contributed by atoms with Crippen molar-refractivity contribution in [2.24, 2.45) is 0 Å². The van der Waals surface area contributed by atoms with E-state index >= 15 is 0 Å². The van der Waals surface area contributed by atoms with Crippen molar-refractivity contribution in [1.29, 1.82) is 0 Å². The Balaban J connectivity index is 2.83. The average Bonchev–Trinajstić information content (AvgIpc) is 2.06. The average molecular weight is 154 g/mol. The largest absolute Gasteiger partial charge is 0.496 e. The lowest BCUT2D eigenvalue weighted by Crippen LogP contribution is -1.92. The van der Waals surface area contributed by atoms with E-state index in [2.05, 4.69) is 4.89 Å². The second kappa shape index (κ2) is 3.95. The van der Waals surface area contributed by atoms with Crippen LogP contribution < -0.4 is 4.74 Å². The molecule has 0 radical (unpaired) electrons. The first-order valence-corrected chi connectivity index (χ1v) is 3.26. The maximum atomic E-state index is 8.18. The summed E-state index contributed by atoms with van der Waals surface area (Å²) in [6.07, 6.45) is 0. The molecule has 0 saturated heterocycles. The van der Waals surface area contributed by atoms with Crippen LogP contribution in [0.2, 0.25) is 0 Å². The normalized spacial score (nSPS) is 9.64. The van der Waals surface area contributed by atoms with E-state index in [0.717, 1.165) is 11.3 Å². The van der Waals surface area contributed by atoms with Crippen LogP contribution in [0.1, 0.15) is 5.56 Å². The summed E-state index contributed by atoms with van der Waals surface area (Å²) in [7, 11) is 1.58. The highest BCUT2D eigenvalue weighted by Gasteiger charge is 1.99. The van der Waals surface area contributed by atoms with Crippen LogP contribution >= 0.6 is 0 Å². The number of benzene rings is 1. The van der Waals surface area contributed by atoms with Crippen molar-refractivity contribution in [3.63, 3.8) is 0 Å². The topological polar surface area (TPSA) is 38.7 Å². The summed E-state index contributed by atoms with van der Waals surface area (Å²) < 4.78 is 5.01. The molecule has 1 aromatic carbocycles. The highest BCUT2D eigenvalue weighted by atomic mass is 17.1. The van der Waals surface area contributed by atoms with Crippen LogP contribution in [0.25, 0.3) is 0 Å². The van der Waals surface area contributed by atoms with E-state index in [0.29, 0.717) is 0 Å². The van der Waals surface area contributed by atoms with Gasteiger partial charge in [-0.2, -0.15) is 0 Å². The van der Waals surface area contributed by atoms with Crippen LogP contribution in [0.15, 0.2) is 24.3 Å². The van der Waals surface area contributed by atoms with Crippen molar-refractivity contribution in [2.45, 2.75) is 6.61 Å². The molecule has 0 aliphatic carbocycles. The van der Waals surface area contributed by atoms with Gasteiger partial charge in [0.1, 0.15) is 12.4 Å². The number of methoxy groups -OCH3 is 1. The van der Waals surface area contributed by atoms with Crippen molar-refractivity contribution in [1.82, 2.24) is 0 Å². The highest BCUT2D eigenvalue weighted by Crippen LogP contribution is 2.17. The van der Waals surface area contributed by atoms with Crippen LogP contribution in [-0.2, 0) is 11.5 Å². The maximum absolute atomic E-state index is 8.18. The Morgan fingerprint density at radius 3 is 2.73 bits per heavy atom. The molecule has 0 aliphatic heterocycles. The third-order valence-electron chi connectivity index (χ3n) is 1.41. The summed E-state index contributed by atoms with van der Waals surface area (Å²) >= 11 is 0. The zero-order valence-corrected chi connectivity index (χ0v) is 6.28. The van der Waals surface area contributed by atoms with Gasteiger partial charge in [0.2, 0.25) is 0 Å². The van der Waals surface area contributed by atoms with Crippen molar-refractivity contribution in [3.8, 4) is 5.75 Å². The molecule has 0 fully saturated rings. The molecule has 0 aliphatic rings. The Morgan fingerprint density at radius 1 is 1.36 bits per heavy atom. The monoisotopic (exact) mass is 154 g/mol. The van der Waals surface area contributed by atoms with Gasteiger partial charge < -0.3 is 4.74 Å². The molecule has 0 unspecified atom stereocenters. The zero-order valence-electron chi connectivity index (χ0n) is 6.28. The van der Waals surface area contributed by atoms with Gasteiger partial charge in [-0.1, -0.05) is 18.2 Å². The van der Waals surface area contributed by atoms with E-state index in [1.807, 2.05) is 24.3 Å². The Morgan fingerprint density at radius 2 is 2.09 bits per heavy atom. The minimum absolute atomic E-state index is 0.157. The summed E-state index contributed by atoms with van der Waals surface area (Å²) in [6, 6.07) is 7.36. The molecule has 0 aromatic heterocycles. The summed E-state index contributed by atoms with van der Waals surface area (Å²) in [5.41, 5.74) is 0.831. The first kappa shape index (κ1) is 8.04. The van der Waals surface area contributed by atoms with Crippen molar-refractivity contribution in [3.05, 3.63) is 29.8 Å². The zero-order chi connectivity index (χ0) is 8.10. The smallest absolute Gasteiger partial charge is 0.124 e. The minimum Gasteiger partial charge on any atom is -0.496 e. The predicted octanol–water partition coefficient (Wildman–Crippen LogP) is 1.68. The molecule has 0 bridgehead atoms.